The second kappa shape index (κ2) is 13.6. The van der Waals surface area contributed by atoms with Gasteiger partial charge in [-0.25, -0.2) is 14.4 Å². The molecule has 0 spiro atoms. The van der Waals surface area contributed by atoms with Gasteiger partial charge in [0.25, 0.3) is 0 Å². The van der Waals surface area contributed by atoms with Crippen molar-refractivity contribution in [1.82, 2.24) is 14.9 Å². The van der Waals surface area contributed by atoms with Crippen LogP contribution in [0.5, 0.6) is 11.5 Å². The molecular formula is C33H35FN6O2. The van der Waals surface area contributed by atoms with Crippen LogP contribution in [-0.4, -0.2) is 55.4 Å². The number of fused-ring (bicyclic) bond motifs is 1. The van der Waals surface area contributed by atoms with E-state index in [1.807, 2.05) is 50.2 Å². The van der Waals surface area contributed by atoms with E-state index in [-0.39, 0.29) is 0 Å². The standard InChI is InChI=1S/C33H35FN6O2/c1-6-7-8-9-21(2)25-12-10-22(17-27(25)34)32-38-29-19-30(41-5)31(42-15-14-40(3)4)18-26(29)33(39-32)37-24-11-13-28(36)23(16-24)20-35/h6-13,16-20,35H,2,14-15,36H2,1,3-5H3,(H,37,38,39)/b7-6-,9-8-,35-20?. The molecule has 0 aliphatic heterocycles. The van der Waals surface area contributed by atoms with E-state index < -0.39 is 5.82 Å². The van der Waals surface area contributed by atoms with Crippen molar-refractivity contribution < 1.29 is 13.9 Å². The predicted octanol–water partition coefficient (Wildman–Crippen LogP) is 6.85. The van der Waals surface area contributed by atoms with Crippen LogP contribution in [-0.2, 0) is 0 Å². The molecule has 216 valence electrons. The molecule has 0 saturated carbocycles. The van der Waals surface area contributed by atoms with Crippen LogP contribution < -0.4 is 20.5 Å². The quantitative estimate of drug-likeness (QED) is 0.0977. The SMILES string of the molecule is C=C(/C=C\C=C/C)c1ccc(-c2nc(Nc3ccc(N)c(C=N)c3)c3cc(OCCN(C)C)c(OC)cc3n2)cc1F. The average molecular weight is 567 g/mol. The monoisotopic (exact) mass is 566 g/mol. The number of nitrogens with one attached hydrogen (secondary N) is 2. The lowest BCUT2D eigenvalue weighted by Gasteiger charge is -2.17. The molecule has 4 aromatic rings. The number of nitrogens with two attached hydrogens (primary N) is 1. The molecule has 3 aromatic carbocycles. The van der Waals surface area contributed by atoms with E-state index in [0.29, 0.717) is 74.3 Å². The molecule has 0 fully saturated rings. The number of benzene rings is 3. The van der Waals surface area contributed by atoms with Gasteiger partial charge in [-0.3, -0.25) is 0 Å². The summed E-state index contributed by atoms with van der Waals surface area (Å²) >= 11 is 0. The second-order valence-electron chi connectivity index (χ2n) is 9.79. The maximum Gasteiger partial charge on any atom is 0.162 e. The number of nitrogen functional groups attached to an aromatic ring is 1. The topological polar surface area (TPSA) is 109 Å². The zero-order chi connectivity index (χ0) is 30.2. The minimum absolute atomic E-state index is 0.316. The van der Waals surface area contributed by atoms with Gasteiger partial charge in [0.15, 0.2) is 17.3 Å². The van der Waals surface area contributed by atoms with E-state index >= 15 is 4.39 Å². The largest absolute Gasteiger partial charge is 0.493 e. The van der Waals surface area contributed by atoms with Gasteiger partial charge in [-0.1, -0.05) is 43.0 Å². The Balaban J connectivity index is 1.83. The molecule has 0 unspecified atom stereocenters. The second-order valence-corrected chi connectivity index (χ2v) is 9.79. The first-order valence-electron chi connectivity index (χ1n) is 13.4. The van der Waals surface area contributed by atoms with E-state index in [0.717, 1.165) is 6.54 Å². The maximum absolute atomic E-state index is 15.3. The van der Waals surface area contributed by atoms with E-state index in [1.165, 1.54) is 12.3 Å². The minimum atomic E-state index is -0.433. The summed E-state index contributed by atoms with van der Waals surface area (Å²) in [5, 5.41) is 11.7. The van der Waals surface area contributed by atoms with Crippen molar-refractivity contribution in [3.05, 3.63) is 96.4 Å². The summed E-state index contributed by atoms with van der Waals surface area (Å²) in [6, 6.07) is 13.7. The Kier molecular flexibility index (Phi) is 9.67. The normalized spacial score (nSPS) is 11.5. The van der Waals surface area contributed by atoms with Crippen LogP contribution >= 0.6 is 0 Å². The number of methoxy groups -OCH3 is 1. The van der Waals surface area contributed by atoms with E-state index in [4.69, 9.17) is 30.6 Å². The number of halogens is 1. The Bertz CT molecular complexity index is 1680. The zero-order valence-corrected chi connectivity index (χ0v) is 24.2. The minimum Gasteiger partial charge on any atom is -0.493 e. The first-order valence-corrected chi connectivity index (χ1v) is 13.4. The van der Waals surface area contributed by atoms with Gasteiger partial charge in [0.05, 0.1) is 12.6 Å². The highest BCUT2D eigenvalue weighted by molar-refractivity contribution is 5.95. The summed E-state index contributed by atoms with van der Waals surface area (Å²) in [4.78, 5) is 11.6. The van der Waals surface area contributed by atoms with Gasteiger partial charge in [-0.15, -0.1) is 0 Å². The highest BCUT2D eigenvalue weighted by atomic mass is 19.1. The molecule has 42 heavy (non-hydrogen) atoms. The molecule has 0 aliphatic carbocycles. The number of nitrogens with zero attached hydrogens (tertiary/aromatic N) is 3. The van der Waals surface area contributed by atoms with Crippen LogP contribution in [0.2, 0.25) is 0 Å². The molecule has 0 radical (unpaired) electrons. The number of ether oxygens (including phenoxy) is 2. The summed E-state index contributed by atoms with van der Waals surface area (Å²) in [6.07, 6.45) is 8.50. The summed E-state index contributed by atoms with van der Waals surface area (Å²) in [6.45, 7) is 7.07. The smallest absolute Gasteiger partial charge is 0.162 e. The number of rotatable bonds is 12. The molecule has 0 bridgehead atoms. The molecule has 8 nitrogen and oxygen atoms in total. The first-order chi connectivity index (χ1) is 20.2. The number of hydrogen-bond acceptors (Lipinski definition) is 8. The van der Waals surface area contributed by atoms with E-state index in [2.05, 4.69) is 11.9 Å². The summed E-state index contributed by atoms with van der Waals surface area (Å²) in [5.74, 6) is 1.41. The number of aromatic nitrogens is 2. The number of hydrogen-bond donors (Lipinski definition) is 3. The van der Waals surface area contributed by atoms with Gasteiger partial charge in [-0.05, 0) is 56.9 Å². The molecule has 4 rings (SSSR count). The Hall–Kier alpha value is -5.02. The lowest BCUT2D eigenvalue weighted by atomic mass is 10.0. The molecule has 1 aromatic heterocycles. The van der Waals surface area contributed by atoms with Crippen molar-refractivity contribution in [3.8, 4) is 22.9 Å². The van der Waals surface area contributed by atoms with Gasteiger partial charge in [-0.2, -0.15) is 0 Å². The third-order valence-corrected chi connectivity index (χ3v) is 6.46. The number of likely N-dealkylation sites (N-methyl/N-ethyl adjacent to an activating group) is 1. The molecule has 0 amide bonds. The predicted molar refractivity (Wildman–Crippen MR) is 171 cm³/mol. The Morgan fingerprint density at radius 2 is 1.90 bits per heavy atom. The molecule has 0 atom stereocenters. The first kappa shape index (κ1) is 30.0. The lowest BCUT2D eigenvalue weighted by Crippen LogP contribution is -2.19. The average Bonchev–Trinajstić information content (AvgIpc) is 2.97. The van der Waals surface area contributed by atoms with Crippen molar-refractivity contribution in [2.24, 2.45) is 0 Å². The fourth-order valence-corrected chi connectivity index (χ4v) is 4.17. The molecule has 9 heteroatoms. The van der Waals surface area contributed by atoms with Gasteiger partial charge in [0, 0.05) is 52.3 Å². The van der Waals surface area contributed by atoms with Crippen LogP contribution in [0.3, 0.4) is 0 Å². The lowest BCUT2D eigenvalue weighted by molar-refractivity contribution is 0.251. The van der Waals surface area contributed by atoms with Crippen LogP contribution in [0.15, 0.2) is 79.4 Å². The number of allylic oxidation sites excluding steroid dienone is 5. The van der Waals surface area contributed by atoms with Gasteiger partial charge in [0.2, 0.25) is 0 Å². The van der Waals surface area contributed by atoms with Gasteiger partial charge in [0.1, 0.15) is 18.2 Å². The van der Waals surface area contributed by atoms with E-state index in [9.17, 15) is 0 Å². The number of anilines is 3. The van der Waals surface area contributed by atoms with Crippen molar-refractivity contribution in [3.63, 3.8) is 0 Å². The fraction of sp³-hybridized carbons (Fsp3) is 0.182. The third kappa shape index (κ3) is 7.00. The van der Waals surface area contributed by atoms with Crippen LogP contribution in [0.25, 0.3) is 27.9 Å². The van der Waals surface area contributed by atoms with Crippen molar-refractivity contribution >= 4 is 39.9 Å². The van der Waals surface area contributed by atoms with E-state index in [1.54, 1.807) is 49.6 Å². The highest BCUT2D eigenvalue weighted by Crippen LogP contribution is 2.37. The molecule has 4 N–H and O–H groups in total. The third-order valence-electron chi connectivity index (χ3n) is 6.46. The molecule has 1 heterocycles. The molecular weight excluding hydrogens is 531 g/mol. The van der Waals surface area contributed by atoms with Gasteiger partial charge < -0.3 is 30.8 Å². The molecule has 0 aliphatic rings. The Morgan fingerprint density at radius 1 is 1.10 bits per heavy atom. The van der Waals surface area contributed by atoms with Crippen LogP contribution in [0.1, 0.15) is 18.1 Å². The van der Waals surface area contributed by atoms with Crippen LogP contribution in [0.4, 0.5) is 21.6 Å². The maximum atomic E-state index is 15.3. The summed E-state index contributed by atoms with van der Waals surface area (Å²) in [5.41, 5.74) is 9.73. The Labute approximate surface area is 245 Å². The molecule has 0 saturated heterocycles. The van der Waals surface area contributed by atoms with Crippen LogP contribution in [0, 0.1) is 11.2 Å². The summed E-state index contributed by atoms with van der Waals surface area (Å²) < 4.78 is 26.9. The zero-order valence-electron chi connectivity index (χ0n) is 24.2. The van der Waals surface area contributed by atoms with Crippen molar-refractivity contribution in [2.45, 2.75) is 6.92 Å². The summed E-state index contributed by atoms with van der Waals surface area (Å²) in [7, 11) is 5.51. The van der Waals surface area contributed by atoms with Crippen molar-refractivity contribution in [2.75, 3.05) is 45.4 Å². The highest BCUT2D eigenvalue weighted by Gasteiger charge is 2.17. The fourth-order valence-electron chi connectivity index (χ4n) is 4.17. The Morgan fingerprint density at radius 3 is 2.60 bits per heavy atom. The van der Waals surface area contributed by atoms with Gasteiger partial charge >= 0.3 is 0 Å². The van der Waals surface area contributed by atoms with Crippen molar-refractivity contribution in [1.29, 1.82) is 5.41 Å².